The van der Waals surface area contributed by atoms with Crippen molar-refractivity contribution >= 4 is 9.84 Å². The van der Waals surface area contributed by atoms with E-state index in [9.17, 15) is 8.42 Å². The van der Waals surface area contributed by atoms with Gasteiger partial charge in [-0.1, -0.05) is 5.16 Å². The van der Waals surface area contributed by atoms with Crippen molar-refractivity contribution < 1.29 is 12.9 Å². The van der Waals surface area contributed by atoms with Gasteiger partial charge in [-0.3, -0.25) is 0 Å². The summed E-state index contributed by atoms with van der Waals surface area (Å²) in [6, 6.07) is 0. The number of piperidine rings is 1. The Hall–Kier alpha value is -0.950. The minimum Gasteiger partial charge on any atom is -0.339 e. The molecule has 18 heavy (non-hydrogen) atoms. The molecule has 102 valence electrons. The summed E-state index contributed by atoms with van der Waals surface area (Å²) in [5, 5.41) is 3.80. The van der Waals surface area contributed by atoms with Crippen LogP contribution >= 0.6 is 0 Å². The SMILES string of the molecule is Cc1noc(C2CCN(CCS(C)(=O)=O)CC2)n1. The molecule has 0 atom stereocenters. The minimum atomic E-state index is -2.87. The van der Waals surface area contributed by atoms with Crippen molar-refractivity contribution in [3.63, 3.8) is 0 Å². The average molecular weight is 273 g/mol. The zero-order valence-corrected chi connectivity index (χ0v) is 11.6. The molecule has 0 N–H and O–H groups in total. The monoisotopic (exact) mass is 273 g/mol. The van der Waals surface area contributed by atoms with Crippen LogP contribution in [0.3, 0.4) is 0 Å². The number of aromatic nitrogens is 2. The van der Waals surface area contributed by atoms with Crippen molar-refractivity contribution in [2.75, 3.05) is 31.6 Å². The molecule has 6 nitrogen and oxygen atoms in total. The minimum absolute atomic E-state index is 0.233. The molecule has 1 saturated heterocycles. The highest BCUT2D eigenvalue weighted by Gasteiger charge is 2.24. The summed E-state index contributed by atoms with van der Waals surface area (Å²) < 4.78 is 27.4. The molecular weight excluding hydrogens is 254 g/mol. The fourth-order valence-corrected chi connectivity index (χ4v) is 2.77. The topological polar surface area (TPSA) is 76.3 Å². The summed E-state index contributed by atoms with van der Waals surface area (Å²) in [6.07, 6.45) is 3.18. The number of sulfone groups is 1. The molecule has 7 heteroatoms. The van der Waals surface area contributed by atoms with Gasteiger partial charge in [-0.2, -0.15) is 4.98 Å². The van der Waals surface area contributed by atoms with Gasteiger partial charge < -0.3 is 9.42 Å². The highest BCUT2D eigenvalue weighted by molar-refractivity contribution is 7.90. The van der Waals surface area contributed by atoms with Crippen LogP contribution in [0.15, 0.2) is 4.52 Å². The van der Waals surface area contributed by atoms with Crippen LogP contribution in [0, 0.1) is 6.92 Å². The quantitative estimate of drug-likeness (QED) is 0.799. The molecule has 2 rings (SSSR count). The molecule has 1 aromatic heterocycles. The van der Waals surface area contributed by atoms with Gasteiger partial charge in [-0.25, -0.2) is 8.42 Å². The van der Waals surface area contributed by atoms with E-state index < -0.39 is 9.84 Å². The molecule has 0 saturated carbocycles. The van der Waals surface area contributed by atoms with Crippen molar-refractivity contribution in [1.82, 2.24) is 15.0 Å². The summed E-state index contributed by atoms with van der Waals surface area (Å²) in [7, 11) is -2.87. The first kappa shape index (κ1) is 13.5. The standard InChI is InChI=1S/C11H19N3O3S/c1-9-12-11(17-13-9)10-3-5-14(6-4-10)7-8-18(2,15)16/h10H,3-8H2,1-2H3. The van der Waals surface area contributed by atoms with Crippen LogP contribution < -0.4 is 0 Å². The van der Waals surface area contributed by atoms with Gasteiger partial charge in [0, 0.05) is 18.7 Å². The second-order valence-corrected chi connectivity index (χ2v) is 7.19. The first-order valence-electron chi connectivity index (χ1n) is 6.14. The number of aryl methyl sites for hydroxylation is 1. The maximum Gasteiger partial charge on any atom is 0.229 e. The molecule has 0 spiro atoms. The summed E-state index contributed by atoms with van der Waals surface area (Å²) in [5.74, 6) is 1.94. The third kappa shape index (κ3) is 3.78. The number of hydrogen-bond acceptors (Lipinski definition) is 6. The molecule has 0 radical (unpaired) electrons. The normalized spacial score (nSPS) is 19.2. The highest BCUT2D eigenvalue weighted by Crippen LogP contribution is 2.26. The fourth-order valence-electron chi connectivity index (χ4n) is 2.18. The van der Waals surface area contributed by atoms with E-state index in [1.165, 1.54) is 6.26 Å². The van der Waals surface area contributed by atoms with E-state index in [0.29, 0.717) is 18.3 Å². The molecule has 2 heterocycles. The van der Waals surface area contributed by atoms with Crippen molar-refractivity contribution in [1.29, 1.82) is 0 Å². The zero-order valence-electron chi connectivity index (χ0n) is 10.8. The van der Waals surface area contributed by atoms with E-state index in [1.807, 2.05) is 6.92 Å². The maximum atomic E-state index is 11.1. The predicted octanol–water partition coefficient (Wildman–Crippen LogP) is 0.602. The Morgan fingerprint density at radius 2 is 2.06 bits per heavy atom. The lowest BCUT2D eigenvalue weighted by atomic mass is 9.97. The summed E-state index contributed by atoms with van der Waals surface area (Å²) in [6.45, 7) is 4.21. The Kier molecular flexibility index (Phi) is 4.01. The van der Waals surface area contributed by atoms with Gasteiger partial charge >= 0.3 is 0 Å². The van der Waals surface area contributed by atoms with Crippen LogP contribution in [-0.2, 0) is 9.84 Å². The van der Waals surface area contributed by atoms with Crippen LogP contribution in [-0.4, -0.2) is 55.1 Å². The zero-order chi connectivity index (χ0) is 13.2. The van der Waals surface area contributed by atoms with Crippen molar-refractivity contribution in [2.24, 2.45) is 0 Å². The molecule has 0 amide bonds. The molecule has 0 aromatic carbocycles. The number of likely N-dealkylation sites (tertiary alicyclic amines) is 1. The van der Waals surface area contributed by atoms with Gasteiger partial charge in [-0.15, -0.1) is 0 Å². The Balaban J connectivity index is 1.81. The lowest BCUT2D eigenvalue weighted by molar-refractivity contribution is 0.203. The molecule has 1 fully saturated rings. The third-order valence-corrected chi connectivity index (χ3v) is 4.18. The van der Waals surface area contributed by atoms with Crippen LogP contribution in [0.5, 0.6) is 0 Å². The van der Waals surface area contributed by atoms with E-state index in [2.05, 4.69) is 15.0 Å². The van der Waals surface area contributed by atoms with E-state index in [1.54, 1.807) is 0 Å². The average Bonchev–Trinajstić information content (AvgIpc) is 2.73. The predicted molar refractivity (Wildman–Crippen MR) is 67.2 cm³/mol. The second-order valence-electron chi connectivity index (χ2n) is 4.93. The van der Waals surface area contributed by atoms with E-state index in [-0.39, 0.29) is 5.75 Å². The maximum absolute atomic E-state index is 11.1. The largest absolute Gasteiger partial charge is 0.339 e. The smallest absolute Gasteiger partial charge is 0.229 e. The Labute approximate surface area is 107 Å². The van der Waals surface area contributed by atoms with Crippen LogP contribution in [0.2, 0.25) is 0 Å². The van der Waals surface area contributed by atoms with Crippen molar-refractivity contribution in [3.8, 4) is 0 Å². The van der Waals surface area contributed by atoms with Gasteiger partial charge in [0.2, 0.25) is 5.89 Å². The summed E-state index contributed by atoms with van der Waals surface area (Å²) in [5.41, 5.74) is 0. The Morgan fingerprint density at radius 3 is 2.56 bits per heavy atom. The first-order chi connectivity index (χ1) is 8.44. The van der Waals surface area contributed by atoms with Crippen LogP contribution in [0.1, 0.15) is 30.5 Å². The van der Waals surface area contributed by atoms with Crippen LogP contribution in [0.25, 0.3) is 0 Å². The molecule has 0 unspecified atom stereocenters. The number of rotatable bonds is 4. The fraction of sp³-hybridized carbons (Fsp3) is 0.818. The van der Waals surface area contributed by atoms with Gasteiger partial charge in [0.05, 0.1) is 5.75 Å². The second kappa shape index (κ2) is 5.36. The first-order valence-corrected chi connectivity index (χ1v) is 8.20. The molecule has 0 bridgehead atoms. The molecule has 0 aliphatic carbocycles. The van der Waals surface area contributed by atoms with Gasteiger partial charge in [0.25, 0.3) is 0 Å². The van der Waals surface area contributed by atoms with Gasteiger partial charge in [0.1, 0.15) is 9.84 Å². The molecular formula is C11H19N3O3S. The van der Waals surface area contributed by atoms with Gasteiger partial charge in [-0.05, 0) is 32.9 Å². The lowest BCUT2D eigenvalue weighted by Crippen LogP contribution is -2.36. The lowest BCUT2D eigenvalue weighted by Gasteiger charge is -2.29. The van der Waals surface area contributed by atoms with Crippen molar-refractivity contribution in [3.05, 3.63) is 11.7 Å². The van der Waals surface area contributed by atoms with E-state index >= 15 is 0 Å². The van der Waals surface area contributed by atoms with Gasteiger partial charge in [0.15, 0.2) is 5.82 Å². The summed E-state index contributed by atoms with van der Waals surface area (Å²) in [4.78, 5) is 6.43. The van der Waals surface area contributed by atoms with E-state index in [0.717, 1.165) is 31.8 Å². The Bertz CT molecular complexity index is 489. The Morgan fingerprint density at radius 1 is 1.39 bits per heavy atom. The van der Waals surface area contributed by atoms with Crippen LogP contribution in [0.4, 0.5) is 0 Å². The van der Waals surface area contributed by atoms with Crippen molar-refractivity contribution in [2.45, 2.75) is 25.7 Å². The third-order valence-electron chi connectivity index (χ3n) is 3.26. The summed E-state index contributed by atoms with van der Waals surface area (Å²) >= 11 is 0. The number of hydrogen-bond donors (Lipinski definition) is 0. The number of nitrogens with zero attached hydrogens (tertiary/aromatic N) is 3. The highest BCUT2D eigenvalue weighted by atomic mass is 32.2. The molecule has 1 aliphatic rings. The van der Waals surface area contributed by atoms with E-state index in [4.69, 9.17) is 4.52 Å². The molecule has 1 aliphatic heterocycles. The molecule has 1 aromatic rings.